The maximum Gasteiger partial charge on any atom is 0.296 e. The van der Waals surface area contributed by atoms with E-state index in [4.69, 9.17) is 9.11 Å². The van der Waals surface area contributed by atoms with Gasteiger partial charge in [0.15, 0.2) is 0 Å². The smallest absolute Gasteiger partial charge is 0.296 e. The second-order valence-corrected chi connectivity index (χ2v) is 12.8. The van der Waals surface area contributed by atoms with Crippen LogP contribution in [-0.4, -0.2) is 54.1 Å². The van der Waals surface area contributed by atoms with Gasteiger partial charge in [-0.05, 0) is 47.9 Å². The van der Waals surface area contributed by atoms with Gasteiger partial charge in [0.05, 0.1) is 11.4 Å². The molecule has 0 saturated carbocycles. The minimum absolute atomic E-state index is 0.0233. The number of rotatable bonds is 4. The number of fused-ring (bicyclic) bond motifs is 3. The van der Waals surface area contributed by atoms with E-state index in [0.717, 1.165) is 6.07 Å². The lowest BCUT2D eigenvalue weighted by Crippen LogP contribution is -2.10. The summed E-state index contributed by atoms with van der Waals surface area (Å²) in [6.07, 6.45) is 0. The Morgan fingerprint density at radius 2 is 1.21 bits per heavy atom. The summed E-state index contributed by atoms with van der Waals surface area (Å²) in [5.41, 5.74) is 4.83. The first-order valence-electron chi connectivity index (χ1n) is 11.3. The number of anilines is 4. The molecule has 0 saturated heterocycles. The van der Waals surface area contributed by atoms with Crippen LogP contribution < -0.4 is 15.1 Å². The van der Waals surface area contributed by atoms with Gasteiger partial charge in [-0.15, -0.1) is 0 Å². The normalized spacial score (nSPS) is 12.5. The van der Waals surface area contributed by atoms with Crippen LogP contribution in [0.5, 0.6) is 0 Å². The number of nitrogens with zero attached hydrogens (tertiary/aromatic N) is 2. The Morgan fingerprint density at radius 1 is 0.684 bits per heavy atom. The average molecular weight is 574 g/mol. The van der Waals surface area contributed by atoms with Gasteiger partial charge in [0.25, 0.3) is 20.2 Å². The molecule has 4 aromatic rings. The fourth-order valence-corrected chi connectivity index (χ4v) is 6.97. The highest BCUT2D eigenvalue weighted by Crippen LogP contribution is 2.46. The zero-order valence-corrected chi connectivity index (χ0v) is 23.5. The zero-order chi connectivity index (χ0) is 27.8. The lowest BCUT2D eigenvalue weighted by Gasteiger charge is -2.24. The summed E-state index contributed by atoms with van der Waals surface area (Å²) in [7, 11) is -1.25. The number of nitrogens with one attached hydrogen (secondary N) is 1. The fraction of sp³-hybridized carbons (Fsp3) is 0.154. The third kappa shape index (κ3) is 5.89. The van der Waals surface area contributed by atoms with Gasteiger partial charge < -0.3 is 15.1 Å². The summed E-state index contributed by atoms with van der Waals surface area (Å²) in [6, 6.07) is 21.3. The molecule has 9 nitrogen and oxygen atoms in total. The Bertz CT molecular complexity index is 1680. The third-order valence-corrected chi connectivity index (χ3v) is 8.93. The van der Waals surface area contributed by atoms with Crippen LogP contribution in [-0.2, 0) is 20.2 Å². The van der Waals surface area contributed by atoms with Crippen LogP contribution in [0.2, 0.25) is 0 Å². The molecule has 0 aliphatic carbocycles. The van der Waals surface area contributed by atoms with Gasteiger partial charge >= 0.3 is 0 Å². The van der Waals surface area contributed by atoms with Gasteiger partial charge in [-0.25, -0.2) is 0 Å². The van der Waals surface area contributed by atoms with Crippen LogP contribution >= 0.6 is 11.8 Å². The van der Waals surface area contributed by atoms with Crippen molar-refractivity contribution < 1.29 is 25.9 Å². The Morgan fingerprint density at radius 3 is 1.68 bits per heavy atom. The molecular formula is C26H27N3O6S3. The van der Waals surface area contributed by atoms with E-state index in [1.165, 1.54) is 50.7 Å². The van der Waals surface area contributed by atoms with Gasteiger partial charge in [-0.2, -0.15) is 16.8 Å². The largest absolute Gasteiger partial charge is 0.378 e. The van der Waals surface area contributed by atoms with Crippen molar-refractivity contribution in [3.8, 4) is 0 Å². The molecule has 1 heterocycles. The summed E-state index contributed by atoms with van der Waals surface area (Å²) in [6.45, 7) is 0. The summed E-state index contributed by atoms with van der Waals surface area (Å²) >= 11 is 1.83. The summed E-state index contributed by atoms with van der Waals surface area (Å²) < 4.78 is 63.0. The highest BCUT2D eigenvalue weighted by molar-refractivity contribution is 7.99. The van der Waals surface area contributed by atoms with E-state index < -0.39 is 30.0 Å². The molecule has 0 atom stereocenters. The average Bonchev–Trinajstić information content (AvgIpc) is 2.85. The van der Waals surface area contributed by atoms with Crippen molar-refractivity contribution in [1.29, 1.82) is 0 Å². The molecule has 12 heteroatoms. The molecule has 1 aliphatic rings. The predicted molar refractivity (Wildman–Crippen MR) is 153 cm³/mol. The van der Waals surface area contributed by atoms with Gasteiger partial charge in [0, 0.05) is 54.7 Å². The van der Waals surface area contributed by atoms with E-state index in [1.807, 2.05) is 11.8 Å². The van der Waals surface area contributed by atoms with Crippen LogP contribution in [0, 0.1) is 0 Å². The minimum atomic E-state index is -4.78. The lowest BCUT2D eigenvalue weighted by atomic mass is 10.1. The van der Waals surface area contributed by atoms with E-state index in [9.17, 15) is 16.8 Å². The van der Waals surface area contributed by atoms with E-state index in [2.05, 4.69) is 79.7 Å². The van der Waals surface area contributed by atoms with E-state index in [-0.39, 0.29) is 5.39 Å². The summed E-state index contributed by atoms with van der Waals surface area (Å²) in [4.78, 5) is 5.16. The maximum absolute atomic E-state index is 11.3. The molecule has 0 amide bonds. The quantitative estimate of drug-likeness (QED) is 0.242. The van der Waals surface area contributed by atoms with Crippen molar-refractivity contribution in [2.24, 2.45) is 0 Å². The Kier molecular flexibility index (Phi) is 7.64. The molecule has 0 radical (unpaired) electrons. The molecule has 0 fully saturated rings. The SMILES string of the molecule is CN(C)c1ccc2c(c1)Sc1cc(N(C)C)ccc1N2.O=S(=O)(O)c1ccc2ccccc2c1S(=O)(=O)O. The van der Waals surface area contributed by atoms with Crippen LogP contribution in [0.1, 0.15) is 0 Å². The Labute approximate surface area is 226 Å². The standard InChI is InChI=1S/C16H19N3S.C10H8O6S2/c1-18(2)11-5-7-13-15(9-11)20-16-10-12(19(3)4)6-8-14(16)17-13;11-17(12,13)9-6-5-7-3-1-2-4-8(7)10(9)18(14,15)16/h5-10,17H,1-4H3;1-6H,(H,11,12,13)(H,14,15,16). The molecule has 4 aromatic carbocycles. The maximum atomic E-state index is 11.3. The van der Waals surface area contributed by atoms with E-state index in [1.54, 1.807) is 12.1 Å². The first-order valence-corrected chi connectivity index (χ1v) is 15.0. The van der Waals surface area contributed by atoms with Crippen molar-refractivity contribution in [2.75, 3.05) is 43.3 Å². The van der Waals surface area contributed by atoms with Crippen molar-refractivity contribution >= 4 is 65.5 Å². The second kappa shape index (κ2) is 10.5. The van der Waals surface area contributed by atoms with Gasteiger partial charge in [0.2, 0.25) is 0 Å². The zero-order valence-electron chi connectivity index (χ0n) is 21.1. The highest BCUT2D eigenvalue weighted by atomic mass is 32.2. The summed E-state index contributed by atoms with van der Waals surface area (Å²) in [5, 5.41) is 3.97. The first-order chi connectivity index (χ1) is 17.8. The van der Waals surface area contributed by atoms with Crippen LogP contribution in [0.4, 0.5) is 22.7 Å². The van der Waals surface area contributed by atoms with Gasteiger partial charge in [-0.1, -0.05) is 42.1 Å². The number of hydrogen-bond acceptors (Lipinski definition) is 8. The predicted octanol–water partition coefficient (Wildman–Crippen LogP) is 5.36. The van der Waals surface area contributed by atoms with Crippen LogP contribution in [0.3, 0.4) is 0 Å². The monoisotopic (exact) mass is 573 g/mol. The molecule has 0 spiro atoms. The molecule has 3 N–H and O–H groups in total. The molecule has 1 aliphatic heterocycles. The highest BCUT2D eigenvalue weighted by Gasteiger charge is 2.26. The molecular weight excluding hydrogens is 547 g/mol. The van der Waals surface area contributed by atoms with Crippen LogP contribution in [0.15, 0.2) is 92.4 Å². The van der Waals surface area contributed by atoms with E-state index in [0.29, 0.717) is 5.39 Å². The first kappa shape index (κ1) is 27.7. The second-order valence-electron chi connectivity index (χ2n) is 8.94. The number of hydrogen-bond donors (Lipinski definition) is 3. The van der Waals surface area contributed by atoms with Crippen molar-refractivity contribution in [3.63, 3.8) is 0 Å². The minimum Gasteiger partial charge on any atom is -0.378 e. The lowest BCUT2D eigenvalue weighted by molar-refractivity contribution is 0.467. The topological polar surface area (TPSA) is 127 Å². The third-order valence-electron chi connectivity index (χ3n) is 5.83. The van der Waals surface area contributed by atoms with Crippen molar-refractivity contribution in [2.45, 2.75) is 19.6 Å². The van der Waals surface area contributed by atoms with Crippen molar-refractivity contribution in [3.05, 3.63) is 72.8 Å². The fourth-order valence-electron chi connectivity index (χ4n) is 3.91. The molecule has 0 bridgehead atoms. The molecule has 5 rings (SSSR count). The molecule has 0 unspecified atom stereocenters. The Balaban J connectivity index is 0.000000178. The number of benzene rings is 4. The molecule has 200 valence electrons. The molecule has 38 heavy (non-hydrogen) atoms. The van der Waals surface area contributed by atoms with Gasteiger partial charge in [0.1, 0.15) is 9.79 Å². The van der Waals surface area contributed by atoms with Gasteiger partial charge in [-0.3, -0.25) is 9.11 Å². The van der Waals surface area contributed by atoms with Crippen molar-refractivity contribution in [1.82, 2.24) is 0 Å². The summed E-state index contributed by atoms with van der Waals surface area (Å²) in [5.74, 6) is 0. The van der Waals surface area contributed by atoms with Crippen LogP contribution in [0.25, 0.3) is 10.8 Å². The van der Waals surface area contributed by atoms with E-state index >= 15 is 0 Å². The molecule has 0 aromatic heterocycles. The Hall–Kier alpha value is -3.29.